The molecule has 0 aliphatic heterocycles. The summed E-state index contributed by atoms with van der Waals surface area (Å²) >= 11 is 0. The molecular weight excluding hydrogens is 122 g/mol. The highest BCUT2D eigenvalue weighted by Crippen LogP contribution is 1.93. The summed E-state index contributed by atoms with van der Waals surface area (Å²) in [6, 6.07) is 0.225. The molecule has 0 aliphatic rings. The Kier molecular flexibility index (Phi) is 5.91. The number of hydrogen-bond donors (Lipinski definition) is 1. The van der Waals surface area contributed by atoms with Crippen LogP contribution in [-0.2, 0) is 0 Å². The molecule has 0 heterocycles. The Morgan fingerprint density at radius 1 is 1.80 bits per heavy atom. The van der Waals surface area contributed by atoms with E-state index in [0.717, 1.165) is 19.4 Å². The molecular formula is C9H15N. The van der Waals surface area contributed by atoms with E-state index in [9.17, 15) is 0 Å². The molecule has 10 heavy (non-hydrogen) atoms. The van der Waals surface area contributed by atoms with Crippen LogP contribution in [0.25, 0.3) is 0 Å². The van der Waals surface area contributed by atoms with Gasteiger partial charge in [-0.3, -0.25) is 0 Å². The lowest BCUT2D eigenvalue weighted by Gasteiger charge is -2.08. The first-order valence-electron chi connectivity index (χ1n) is 3.65. The van der Waals surface area contributed by atoms with Crippen LogP contribution >= 0.6 is 0 Å². The average Bonchev–Trinajstić information content (AvgIpc) is 1.98. The van der Waals surface area contributed by atoms with Gasteiger partial charge in [-0.2, -0.15) is 0 Å². The van der Waals surface area contributed by atoms with Crippen molar-refractivity contribution in [1.29, 1.82) is 0 Å². The predicted molar refractivity (Wildman–Crippen MR) is 45.7 cm³/mol. The zero-order valence-electron chi connectivity index (χ0n) is 6.56. The maximum absolute atomic E-state index is 5.25. The van der Waals surface area contributed by atoms with Crippen molar-refractivity contribution in [1.82, 2.24) is 5.32 Å². The molecule has 0 saturated carbocycles. The van der Waals surface area contributed by atoms with E-state index in [1.807, 2.05) is 6.08 Å². The van der Waals surface area contributed by atoms with Crippen molar-refractivity contribution in [3.05, 3.63) is 12.7 Å². The van der Waals surface area contributed by atoms with Crippen LogP contribution < -0.4 is 5.32 Å². The minimum Gasteiger partial charge on any atom is -0.300 e. The Labute approximate surface area is 63.5 Å². The second-order valence-corrected chi connectivity index (χ2v) is 2.20. The van der Waals surface area contributed by atoms with E-state index in [2.05, 4.69) is 24.7 Å². The lowest BCUT2D eigenvalue weighted by molar-refractivity contribution is 0.596. The minimum atomic E-state index is 0.225. The largest absolute Gasteiger partial charge is 0.300 e. The molecule has 0 radical (unpaired) electrons. The van der Waals surface area contributed by atoms with Crippen LogP contribution in [0.4, 0.5) is 0 Å². The van der Waals surface area contributed by atoms with Crippen LogP contribution in [0, 0.1) is 12.3 Å². The smallest absolute Gasteiger partial charge is 0.0689 e. The summed E-state index contributed by atoms with van der Waals surface area (Å²) < 4.78 is 0. The van der Waals surface area contributed by atoms with Gasteiger partial charge in [-0.05, 0) is 6.42 Å². The van der Waals surface area contributed by atoms with E-state index in [1.54, 1.807) is 0 Å². The van der Waals surface area contributed by atoms with E-state index in [0.29, 0.717) is 0 Å². The van der Waals surface area contributed by atoms with Crippen molar-refractivity contribution in [2.45, 2.75) is 25.8 Å². The standard InChI is InChI=1S/C9H15N/c1-4-7-9(6-3)10-8-5-2/h3,5,9-10H,2,4,7-8H2,1H3. The van der Waals surface area contributed by atoms with Crippen LogP contribution in [0.3, 0.4) is 0 Å². The van der Waals surface area contributed by atoms with Crippen molar-refractivity contribution in [2.24, 2.45) is 0 Å². The van der Waals surface area contributed by atoms with Crippen LogP contribution in [0.15, 0.2) is 12.7 Å². The zero-order valence-corrected chi connectivity index (χ0v) is 6.56. The summed E-state index contributed by atoms with van der Waals surface area (Å²) in [6.45, 7) is 6.52. The van der Waals surface area contributed by atoms with E-state index in [1.165, 1.54) is 0 Å². The van der Waals surface area contributed by atoms with Crippen LogP contribution in [-0.4, -0.2) is 12.6 Å². The van der Waals surface area contributed by atoms with Gasteiger partial charge in [0.25, 0.3) is 0 Å². The summed E-state index contributed by atoms with van der Waals surface area (Å²) in [6.07, 6.45) is 9.24. The molecule has 0 saturated heterocycles. The quantitative estimate of drug-likeness (QED) is 0.448. The molecule has 0 spiro atoms. The third-order valence-electron chi connectivity index (χ3n) is 1.29. The predicted octanol–water partition coefficient (Wildman–Crippen LogP) is 1.56. The summed E-state index contributed by atoms with van der Waals surface area (Å²) in [4.78, 5) is 0. The Balaban J connectivity index is 3.41. The number of terminal acetylenes is 1. The molecule has 0 rings (SSSR count). The summed E-state index contributed by atoms with van der Waals surface area (Å²) in [5, 5.41) is 3.17. The highest BCUT2D eigenvalue weighted by Gasteiger charge is 1.98. The fourth-order valence-corrected chi connectivity index (χ4v) is 0.759. The van der Waals surface area contributed by atoms with Gasteiger partial charge in [0, 0.05) is 6.54 Å². The molecule has 1 unspecified atom stereocenters. The lowest BCUT2D eigenvalue weighted by Crippen LogP contribution is -2.27. The van der Waals surface area contributed by atoms with E-state index in [-0.39, 0.29) is 6.04 Å². The van der Waals surface area contributed by atoms with Crippen molar-refractivity contribution < 1.29 is 0 Å². The Hall–Kier alpha value is -0.740. The lowest BCUT2D eigenvalue weighted by atomic mass is 10.2. The maximum atomic E-state index is 5.25. The number of hydrogen-bond acceptors (Lipinski definition) is 1. The highest BCUT2D eigenvalue weighted by atomic mass is 14.9. The van der Waals surface area contributed by atoms with Crippen LogP contribution in [0.2, 0.25) is 0 Å². The van der Waals surface area contributed by atoms with Gasteiger partial charge in [-0.25, -0.2) is 0 Å². The third kappa shape index (κ3) is 4.17. The molecule has 1 N–H and O–H groups in total. The molecule has 0 amide bonds. The first kappa shape index (κ1) is 9.26. The van der Waals surface area contributed by atoms with E-state index >= 15 is 0 Å². The van der Waals surface area contributed by atoms with Gasteiger partial charge in [0.15, 0.2) is 0 Å². The zero-order chi connectivity index (χ0) is 7.82. The van der Waals surface area contributed by atoms with Gasteiger partial charge in [-0.1, -0.05) is 25.3 Å². The second-order valence-electron chi connectivity index (χ2n) is 2.20. The van der Waals surface area contributed by atoms with Crippen LogP contribution in [0.5, 0.6) is 0 Å². The molecule has 0 aromatic rings. The molecule has 1 nitrogen and oxygen atoms in total. The SMILES string of the molecule is C#CC(CCC)NCC=C. The molecule has 56 valence electrons. The normalized spacial score (nSPS) is 12.0. The van der Waals surface area contributed by atoms with Crippen molar-refractivity contribution in [2.75, 3.05) is 6.54 Å². The van der Waals surface area contributed by atoms with Gasteiger partial charge in [0.1, 0.15) is 0 Å². The Morgan fingerprint density at radius 2 is 2.50 bits per heavy atom. The van der Waals surface area contributed by atoms with E-state index in [4.69, 9.17) is 6.42 Å². The third-order valence-corrected chi connectivity index (χ3v) is 1.29. The van der Waals surface area contributed by atoms with Crippen molar-refractivity contribution in [3.63, 3.8) is 0 Å². The summed E-state index contributed by atoms with van der Waals surface area (Å²) in [7, 11) is 0. The fourth-order valence-electron chi connectivity index (χ4n) is 0.759. The van der Waals surface area contributed by atoms with Crippen LogP contribution in [0.1, 0.15) is 19.8 Å². The van der Waals surface area contributed by atoms with Crippen molar-refractivity contribution >= 4 is 0 Å². The topological polar surface area (TPSA) is 12.0 Å². The number of rotatable bonds is 5. The average molecular weight is 137 g/mol. The van der Waals surface area contributed by atoms with E-state index < -0.39 is 0 Å². The highest BCUT2D eigenvalue weighted by molar-refractivity contribution is 4.99. The minimum absolute atomic E-state index is 0.225. The monoisotopic (exact) mass is 137 g/mol. The Bertz CT molecular complexity index is 121. The second kappa shape index (κ2) is 6.38. The molecule has 0 aliphatic carbocycles. The summed E-state index contributed by atoms with van der Waals surface area (Å²) in [5.74, 6) is 2.68. The molecule has 1 atom stereocenters. The van der Waals surface area contributed by atoms with Gasteiger partial charge >= 0.3 is 0 Å². The molecule has 0 aromatic heterocycles. The van der Waals surface area contributed by atoms with Crippen molar-refractivity contribution in [3.8, 4) is 12.3 Å². The molecule has 0 fully saturated rings. The van der Waals surface area contributed by atoms with Gasteiger partial charge < -0.3 is 5.32 Å². The fraction of sp³-hybridized carbons (Fsp3) is 0.556. The Morgan fingerprint density at radius 3 is 2.90 bits per heavy atom. The molecule has 0 bridgehead atoms. The molecule has 0 aromatic carbocycles. The van der Waals surface area contributed by atoms with Gasteiger partial charge in [0.2, 0.25) is 0 Å². The first-order valence-corrected chi connectivity index (χ1v) is 3.65. The van der Waals surface area contributed by atoms with Gasteiger partial charge in [0.05, 0.1) is 6.04 Å². The first-order chi connectivity index (χ1) is 4.85. The number of nitrogens with one attached hydrogen (secondary N) is 1. The van der Waals surface area contributed by atoms with Gasteiger partial charge in [-0.15, -0.1) is 13.0 Å². The maximum Gasteiger partial charge on any atom is 0.0689 e. The molecule has 1 heteroatoms. The summed E-state index contributed by atoms with van der Waals surface area (Å²) in [5.41, 5.74) is 0.